The quantitative estimate of drug-likeness (QED) is 0.755. The normalized spacial score (nSPS) is 19.2. The molecule has 0 spiro atoms. The van der Waals surface area contributed by atoms with Gasteiger partial charge in [-0.15, -0.1) is 0 Å². The van der Waals surface area contributed by atoms with Crippen LogP contribution in [0.5, 0.6) is 0 Å². The van der Waals surface area contributed by atoms with E-state index >= 15 is 0 Å². The number of pyridine rings is 1. The van der Waals surface area contributed by atoms with E-state index in [9.17, 15) is 4.79 Å². The molecule has 1 saturated heterocycles. The maximum atomic E-state index is 12.9. The predicted octanol–water partition coefficient (Wildman–Crippen LogP) is 4.46. The van der Waals surface area contributed by atoms with Crippen LogP contribution in [0.4, 0.5) is 5.69 Å². The Morgan fingerprint density at radius 3 is 3.08 bits per heavy atom. The zero-order valence-electron chi connectivity index (χ0n) is 14.2. The first-order valence-electron chi connectivity index (χ1n) is 8.66. The number of fused-ring (bicyclic) bond motifs is 1. The van der Waals surface area contributed by atoms with E-state index < -0.39 is 0 Å². The van der Waals surface area contributed by atoms with E-state index in [2.05, 4.69) is 32.0 Å². The molecule has 2 atom stereocenters. The van der Waals surface area contributed by atoms with Gasteiger partial charge in [-0.1, -0.05) is 6.07 Å². The molecular weight excluding hydrogens is 330 g/mol. The molecule has 1 fully saturated rings. The van der Waals surface area contributed by atoms with Crippen LogP contribution in [0.2, 0.25) is 0 Å². The van der Waals surface area contributed by atoms with Crippen molar-refractivity contribution in [2.75, 3.05) is 11.9 Å². The highest BCUT2D eigenvalue weighted by Crippen LogP contribution is 2.35. The van der Waals surface area contributed by atoms with Gasteiger partial charge in [0.2, 0.25) is 5.91 Å². The van der Waals surface area contributed by atoms with Gasteiger partial charge in [-0.2, -0.15) is 11.3 Å². The summed E-state index contributed by atoms with van der Waals surface area (Å²) in [6.07, 6.45) is 4.02. The van der Waals surface area contributed by atoms with E-state index in [-0.39, 0.29) is 11.9 Å². The molecule has 5 heteroatoms. The molecule has 1 aromatic carbocycles. The molecule has 1 aliphatic heterocycles. The highest BCUT2D eigenvalue weighted by atomic mass is 32.1. The number of carbonyl (C=O) groups excluding carboxylic acids is 1. The summed E-state index contributed by atoms with van der Waals surface area (Å²) in [4.78, 5) is 19.6. The molecule has 1 N–H and O–H groups in total. The minimum absolute atomic E-state index is 0.0403. The number of nitrogens with one attached hydrogen (secondary N) is 1. The summed E-state index contributed by atoms with van der Waals surface area (Å²) >= 11 is 1.72. The van der Waals surface area contributed by atoms with Crippen molar-refractivity contribution in [3.8, 4) is 0 Å². The SMILES string of the molecule is C[C@@H](C(=O)Nc1cccc2ncccc12)N1CCC[C@@H]1c1ccsc1. The van der Waals surface area contributed by atoms with Crippen molar-refractivity contribution in [2.45, 2.75) is 31.8 Å². The van der Waals surface area contributed by atoms with Gasteiger partial charge in [-0.3, -0.25) is 14.7 Å². The second-order valence-corrected chi connectivity index (χ2v) is 7.27. The number of rotatable bonds is 4. The van der Waals surface area contributed by atoms with Crippen molar-refractivity contribution < 1.29 is 4.79 Å². The summed E-state index contributed by atoms with van der Waals surface area (Å²) in [6.45, 7) is 2.97. The van der Waals surface area contributed by atoms with Crippen LogP contribution in [0.25, 0.3) is 10.9 Å². The van der Waals surface area contributed by atoms with Crippen LogP contribution in [0, 0.1) is 0 Å². The number of aromatic nitrogens is 1. The maximum absolute atomic E-state index is 12.9. The van der Waals surface area contributed by atoms with Gasteiger partial charge in [-0.05, 0) is 73.0 Å². The standard InChI is InChI=1S/C20H21N3OS/c1-14(23-11-4-8-19(23)15-9-12-25-13-15)20(24)22-18-7-2-6-17-16(18)5-3-10-21-17/h2-3,5-7,9-10,12-14,19H,4,8,11H2,1H3,(H,22,24)/t14-,19+/m0/s1. The Balaban J connectivity index is 1.54. The number of hydrogen-bond donors (Lipinski definition) is 1. The highest BCUT2D eigenvalue weighted by molar-refractivity contribution is 7.07. The molecule has 25 heavy (non-hydrogen) atoms. The van der Waals surface area contributed by atoms with E-state index in [4.69, 9.17) is 0 Å². The van der Waals surface area contributed by atoms with Crippen LogP contribution >= 0.6 is 11.3 Å². The van der Waals surface area contributed by atoms with Crippen LogP contribution < -0.4 is 5.32 Å². The second-order valence-electron chi connectivity index (χ2n) is 6.49. The number of thiophene rings is 1. The number of benzene rings is 1. The second kappa shape index (κ2) is 6.94. The lowest BCUT2D eigenvalue weighted by Crippen LogP contribution is -2.41. The monoisotopic (exact) mass is 351 g/mol. The topological polar surface area (TPSA) is 45.2 Å². The smallest absolute Gasteiger partial charge is 0.241 e. The molecule has 4 rings (SSSR count). The van der Waals surface area contributed by atoms with Gasteiger partial charge < -0.3 is 5.32 Å². The molecule has 0 bridgehead atoms. The van der Waals surface area contributed by atoms with Gasteiger partial charge in [0.25, 0.3) is 0 Å². The highest BCUT2D eigenvalue weighted by Gasteiger charge is 2.33. The Morgan fingerprint density at radius 2 is 2.24 bits per heavy atom. The van der Waals surface area contributed by atoms with Crippen molar-refractivity contribution in [1.29, 1.82) is 0 Å². The average molecular weight is 351 g/mol. The fourth-order valence-corrected chi connectivity index (χ4v) is 4.38. The molecule has 0 aliphatic carbocycles. The molecule has 3 heterocycles. The predicted molar refractivity (Wildman–Crippen MR) is 103 cm³/mol. The molecule has 0 unspecified atom stereocenters. The molecule has 128 valence electrons. The minimum Gasteiger partial charge on any atom is -0.324 e. The molecule has 4 nitrogen and oxygen atoms in total. The Kier molecular flexibility index (Phi) is 4.51. The zero-order valence-corrected chi connectivity index (χ0v) is 15.0. The fourth-order valence-electron chi connectivity index (χ4n) is 3.68. The summed E-state index contributed by atoms with van der Waals surface area (Å²) in [6, 6.07) is 12.1. The van der Waals surface area contributed by atoms with Gasteiger partial charge >= 0.3 is 0 Å². The lowest BCUT2D eigenvalue weighted by molar-refractivity contribution is -0.121. The van der Waals surface area contributed by atoms with E-state index in [0.717, 1.165) is 36.0 Å². The molecule has 1 aliphatic rings. The summed E-state index contributed by atoms with van der Waals surface area (Å²) in [5.74, 6) is 0.0403. The molecule has 1 amide bonds. The zero-order chi connectivity index (χ0) is 17.2. The Hall–Kier alpha value is -2.24. The van der Waals surface area contributed by atoms with E-state index in [1.54, 1.807) is 17.5 Å². The van der Waals surface area contributed by atoms with Crippen LogP contribution in [0.15, 0.2) is 53.4 Å². The van der Waals surface area contributed by atoms with Crippen molar-refractivity contribution in [3.05, 3.63) is 58.9 Å². The minimum atomic E-state index is -0.167. The first-order chi connectivity index (χ1) is 12.2. The van der Waals surface area contributed by atoms with Crippen LogP contribution in [0.3, 0.4) is 0 Å². The summed E-state index contributed by atoms with van der Waals surface area (Å²) in [5.41, 5.74) is 3.05. The molecule has 3 aromatic rings. The number of carbonyl (C=O) groups is 1. The van der Waals surface area contributed by atoms with Gasteiger partial charge in [-0.25, -0.2) is 0 Å². The molecule has 0 radical (unpaired) electrons. The van der Waals surface area contributed by atoms with Gasteiger partial charge in [0.15, 0.2) is 0 Å². The Labute approximate surface area is 151 Å². The fraction of sp³-hybridized carbons (Fsp3) is 0.300. The first-order valence-corrected chi connectivity index (χ1v) is 9.61. The third kappa shape index (κ3) is 3.17. The Bertz CT molecular complexity index is 872. The molecule has 0 saturated carbocycles. The van der Waals surface area contributed by atoms with Gasteiger partial charge in [0.1, 0.15) is 0 Å². The number of nitrogens with zero attached hydrogens (tertiary/aromatic N) is 2. The van der Waals surface area contributed by atoms with Crippen molar-refractivity contribution >= 4 is 33.8 Å². The van der Waals surface area contributed by atoms with Crippen molar-refractivity contribution in [1.82, 2.24) is 9.88 Å². The number of anilines is 1. The largest absolute Gasteiger partial charge is 0.324 e. The van der Waals surface area contributed by atoms with Crippen molar-refractivity contribution in [3.63, 3.8) is 0 Å². The first kappa shape index (κ1) is 16.2. The van der Waals surface area contributed by atoms with E-state index in [0.29, 0.717) is 6.04 Å². The van der Waals surface area contributed by atoms with Crippen molar-refractivity contribution in [2.24, 2.45) is 0 Å². The van der Waals surface area contributed by atoms with Crippen LogP contribution in [0.1, 0.15) is 31.4 Å². The van der Waals surface area contributed by atoms with Crippen LogP contribution in [-0.4, -0.2) is 28.4 Å². The number of hydrogen-bond acceptors (Lipinski definition) is 4. The third-order valence-corrected chi connectivity index (χ3v) is 5.70. The maximum Gasteiger partial charge on any atom is 0.241 e. The van der Waals surface area contributed by atoms with Gasteiger partial charge in [0.05, 0.1) is 17.2 Å². The molecular formula is C20H21N3OS. The van der Waals surface area contributed by atoms with E-state index in [1.165, 1.54) is 5.56 Å². The Morgan fingerprint density at radius 1 is 1.32 bits per heavy atom. The van der Waals surface area contributed by atoms with E-state index in [1.807, 2.05) is 37.3 Å². The third-order valence-electron chi connectivity index (χ3n) is 5.00. The summed E-state index contributed by atoms with van der Waals surface area (Å²) in [7, 11) is 0. The summed E-state index contributed by atoms with van der Waals surface area (Å²) < 4.78 is 0. The number of amides is 1. The number of likely N-dealkylation sites (tertiary alicyclic amines) is 1. The van der Waals surface area contributed by atoms with Crippen LogP contribution in [-0.2, 0) is 4.79 Å². The van der Waals surface area contributed by atoms with Gasteiger partial charge in [0, 0.05) is 17.6 Å². The lowest BCUT2D eigenvalue weighted by atomic mass is 10.1. The summed E-state index contributed by atoms with van der Waals surface area (Å²) in [5, 5.41) is 8.39. The lowest BCUT2D eigenvalue weighted by Gasteiger charge is -2.29. The molecule has 2 aromatic heterocycles. The average Bonchev–Trinajstić information content (AvgIpc) is 3.32.